The number of hydrogen-bond acceptors (Lipinski definition) is 2. The molecule has 1 atom stereocenters. The van der Waals surface area contributed by atoms with Crippen LogP contribution in [-0.4, -0.2) is 17.9 Å². The molecule has 3 heteroatoms. The van der Waals surface area contributed by atoms with Crippen LogP contribution in [0.2, 0.25) is 0 Å². The number of hydrogen-bond donors (Lipinski definition) is 0. The van der Waals surface area contributed by atoms with Crippen molar-refractivity contribution in [1.29, 1.82) is 0 Å². The highest BCUT2D eigenvalue weighted by Gasteiger charge is 2.17. The topological polar surface area (TPSA) is 33.2 Å². The third-order valence-corrected chi connectivity index (χ3v) is 2.21. The summed E-state index contributed by atoms with van der Waals surface area (Å²) in [5.41, 5.74) is 0.784. The van der Waals surface area contributed by atoms with Gasteiger partial charge in [0.25, 0.3) is 0 Å². The van der Waals surface area contributed by atoms with Crippen LogP contribution in [0.4, 0.5) is 5.69 Å². The zero-order valence-electron chi connectivity index (χ0n) is 8.97. The summed E-state index contributed by atoms with van der Waals surface area (Å²) in [6.45, 7) is 1.83. The van der Waals surface area contributed by atoms with E-state index in [9.17, 15) is 4.79 Å². The van der Waals surface area contributed by atoms with Gasteiger partial charge in [0.05, 0.1) is 11.9 Å². The number of pyridine rings is 1. The zero-order chi connectivity index (χ0) is 11.3. The summed E-state index contributed by atoms with van der Waals surface area (Å²) in [5, 5.41) is 0. The van der Waals surface area contributed by atoms with E-state index in [1.54, 1.807) is 30.4 Å². The first-order chi connectivity index (χ1) is 7.16. The molecule has 0 fully saturated rings. The molecule has 3 nitrogen and oxygen atoms in total. The van der Waals surface area contributed by atoms with Crippen molar-refractivity contribution in [1.82, 2.24) is 4.98 Å². The molecule has 0 aliphatic heterocycles. The lowest BCUT2D eigenvalue weighted by Gasteiger charge is -2.19. The van der Waals surface area contributed by atoms with Crippen LogP contribution < -0.4 is 4.90 Å². The molecule has 1 amide bonds. The van der Waals surface area contributed by atoms with Gasteiger partial charge in [-0.05, 0) is 12.1 Å². The Bertz CT molecular complexity index is 367. The number of carbonyl (C=O) groups is 1. The van der Waals surface area contributed by atoms with Gasteiger partial charge in [-0.2, -0.15) is 0 Å². The van der Waals surface area contributed by atoms with Crippen LogP contribution >= 0.6 is 0 Å². The predicted molar refractivity (Wildman–Crippen MR) is 60.3 cm³/mol. The van der Waals surface area contributed by atoms with E-state index in [2.05, 4.69) is 10.9 Å². The van der Waals surface area contributed by atoms with E-state index in [1.807, 2.05) is 13.0 Å². The molecule has 0 bridgehead atoms. The van der Waals surface area contributed by atoms with E-state index in [-0.39, 0.29) is 11.8 Å². The van der Waals surface area contributed by atoms with Crippen LogP contribution in [0.3, 0.4) is 0 Å². The van der Waals surface area contributed by atoms with Crippen LogP contribution in [-0.2, 0) is 4.79 Å². The third-order valence-electron chi connectivity index (χ3n) is 2.21. The van der Waals surface area contributed by atoms with Crippen molar-refractivity contribution in [3.05, 3.63) is 24.5 Å². The third kappa shape index (κ3) is 2.81. The summed E-state index contributed by atoms with van der Waals surface area (Å²) < 4.78 is 0. The molecule has 1 rings (SSSR count). The number of anilines is 1. The molecule has 1 aromatic heterocycles. The van der Waals surface area contributed by atoms with Crippen molar-refractivity contribution in [2.45, 2.75) is 13.3 Å². The fraction of sp³-hybridized carbons (Fsp3) is 0.333. The maximum absolute atomic E-state index is 11.8. The summed E-state index contributed by atoms with van der Waals surface area (Å²) in [7, 11) is 1.73. The fourth-order valence-corrected chi connectivity index (χ4v) is 1.27. The van der Waals surface area contributed by atoms with Crippen LogP contribution in [0.5, 0.6) is 0 Å². The van der Waals surface area contributed by atoms with Crippen molar-refractivity contribution >= 4 is 11.6 Å². The van der Waals surface area contributed by atoms with Gasteiger partial charge < -0.3 is 4.90 Å². The first kappa shape index (κ1) is 11.3. The highest BCUT2D eigenvalue weighted by molar-refractivity contribution is 5.94. The summed E-state index contributed by atoms with van der Waals surface area (Å²) in [6.07, 6.45) is 8.96. The zero-order valence-corrected chi connectivity index (χ0v) is 8.97. The van der Waals surface area contributed by atoms with Gasteiger partial charge in [0.2, 0.25) is 5.91 Å². The minimum absolute atomic E-state index is 0.0148. The molecule has 1 heterocycles. The average molecular weight is 202 g/mol. The Balaban J connectivity index is 2.74. The molecule has 0 saturated heterocycles. The first-order valence-electron chi connectivity index (χ1n) is 4.78. The van der Waals surface area contributed by atoms with Crippen molar-refractivity contribution in [2.24, 2.45) is 5.92 Å². The Morgan fingerprint density at radius 3 is 3.00 bits per heavy atom. The van der Waals surface area contributed by atoms with Crippen molar-refractivity contribution in [3.63, 3.8) is 0 Å². The second-order valence-electron chi connectivity index (χ2n) is 3.42. The molecule has 15 heavy (non-hydrogen) atoms. The summed E-state index contributed by atoms with van der Waals surface area (Å²) in [6, 6.07) is 3.64. The van der Waals surface area contributed by atoms with Crippen LogP contribution in [0, 0.1) is 18.3 Å². The van der Waals surface area contributed by atoms with Gasteiger partial charge in [-0.3, -0.25) is 9.78 Å². The molecule has 0 aliphatic carbocycles. The van der Waals surface area contributed by atoms with Gasteiger partial charge in [0.1, 0.15) is 0 Å². The van der Waals surface area contributed by atoms with Gasteiger partial charge in [-0.15, -0.1) is 12.3 Å². The normalized spacial score (nSPS) is 11.5. The quantitative estimate of drug-likeness (QED) is 0.699. The predicted octanol–water partition coefficient (Wildman–Crippen LogP) is 1.70. The molecule has 0 saturated carbocycles. The van der Waals surface area contributed by atoms with E-state index in [1.165, 1.54) is 0 Å². The average Bonchev–Trinajstić information content (AvgIpc) is 2.28. The van der Waals surface area contributed by atoms with E-state index in [0.29, 0.717) is 6.42 Å². The molecule has 0 aliphatic rings. The summed E-state index contributed by atoms with van der Waals surface area (Å²) >= 11 is 0. The second kappa shape index (κ2) is 5.16. The Hall–Kier alpha value is -1.82. The maximum Gasteiger partial charge on any atom is 0.230 e. The highest BCUT2D eigenvalue weighted by Crippen LogP contribution is 2.14. The molecule has 0 spiro atoms. The number of carbonyl (C=O) groups excluding carboxylic acids is 1. The van der Waals surface area contributed by atoms with Crippen molar-refractivity contribution in [2.75, 3.05) is 11.9 Å². The van der Waals surface area contributed by atoms with Crippen LogP contribution in [0.1, 0.15) is 13.3 Å². The maximum atomic E-state index is 11.8. The number of terminal acetylenes is 1. The fourth-order valence-electron chi connectivity index (χ4n) is 1.27. The van der Waals surface area contributed by atoms with E-state index < -0.39 is 0 Å². The van der Waals surface area contributed by atoms with Gasteiger partial charge in [0, 0.05) is 25.6 Å². The van der Waals surface area contributed by atoms with E-state index in [0.717, 1.165) is 5.69 Å². The Morgan fingerprint density at radius 1 is 1.73 bits per heavy atom. The minimum atomic E-state index is -0.153. The lowest BCUT2D eigenvalue weighted by molar-refractivity contribution is -0.121. The first-order valence-corrected chi connectivity index (χ1v) is 4.78. The monoisotopic (exact) mass is 202 g/mol. The van der Waals surface area contributed by atoms with Gasteiger partial charge >= 0.3 is 0 Å². The molecule has 78 valence electrons. The summed E-state index contributed by atoms with van der Waals surface area (Å²) in [5.74, 6) is 2.35. The Kier molecular flexibility index (Phi) is 3.87. The number of nitrogens with zero attached hydrogens (tertiary/aromatic N) is 2. The molecule has 1 unspecified atom stereocenters. The minimum Gasteiger partial charge on any atom is -0.314 e. The summed E-state index contributed by atoms with van der Waals surface area (Å²) in [4.78, 5) is 17.4. The largest absolute Gasteiger partial charge is 0.314 e. The number of amides is 1. The number of aromatic nitrogens is 1. The van der Waals surface area contributed by atoms with Crippen LogP contribution in [0.15, 0.2) is 24.5 Å². The van der Waals surface area contributed by atoms with Crippen molar-refractivity contribution in [3.8, 4) is 12.3 Å². The Morgan fingerprint density at radius 2 is 2.47 bits per heavy atom. The van der Waals surface area contributed by atoms with Crippen molar-refractivity contribution < 1.29 is 4.79 Å². The second-order valence-corrected chi connectivity index (χ2v) is 3.42. The molecular formula is C12H14N2O. The van der Waals surface area contributed by atoms with E-state index in [4.69, 9.17) is 6.42 Å². The number of rotatable bonds is 3. The lowest BCUT2D eigenvalue weighted by atomic mass is 10.1. The lowest BCUT2D eigenvalue weighted by Crippen LogP contribution is -2.31. The van der Waals surface area contributed by atoms with Crippen LogP contribution in [0.25, 0.3) is 0 Å². The molecule has 0 aromatic carbocycles. The molecule has 0 N–H and O–H groups in total. The van der Waals surface area contributed by atoms with Gasteiger partial charge in [0.15, 0.2) is 0 Å². The molecular weight excluding hydrogens is 188 g/mol. The standard InChI is InChI=1S/C12H14N2O/c1-4-6-10(2)12(15)14(3)11-7-5-8-13-9-11/h1,5,7-10H,6H2,2-3H3. The SMILES string of the molecule is C#CCC(C)C(=O)N(C)c1cccnc1. The highest BCUT2D eigenvalue weighted by atomic mass is 16.2. The smallest absolute Gasteiger partial charge is 0.230 e. The van der Waals surface area contributed by atoms with E-state index >= 15 is 0 Å². The molecule has 0 radical (unpaired) electrons. The Labute approximate surface area is 90.1 Å². The molecule has 1 aromatic rings. The van der Waals surface area contributed by atoms with Gasteiger partial charge in [-0.25, -0.2) is 0 Å². The van der Waals surface area contributed by atoms with Gasteiger partial charge in [-0.1, -0.05) is 6.92 Å².